The highest BCUT2D eigenvalue weighted by Crippen LogP contribution is 2.43. The number of nitrogens with zero attached hydrogens (tertiary/aromatic N) is 2. The Morgan fingerprint density at radius 2 is 2.42 bits per heavy atom. The maximum absolute atomic E-state index is 4.36. The van der Waals surface area contributed by atoms with Crippen molar-refractivity contribution in [2.45, 2.75) is 37.3 Å². The minimum atomic E-state index is 0.827. The van der Waals surface area contributed by atoms with Crippen molar-refractivity contribution in [2.75, 3.05) is 6.26 Å². The van der Waals surface area contributed by atoms with Gasteiger partial charge in [-0.15, -0.1) is 11.8 Å². The van der Waals surface area contributed by atoms with E-state index in [0.717, 1.165) is 12.5 Å². The molecule has 1 saturated carbocycles. The summed E-state index contributed by atoms with van der Waals surface area (Å²) in [6.45, 7) is 3.13. The summed E-state index contributed by atoms with van der Waals surface area (Å²) in [6.07, 6.45) is 6.91. The zero-order chi connectivity index (χ0) is 8.55. The van der Waals surface area contributed by atoms with E-state index in [2.05, 4.69) is 23.0 Å². The average molecular weight is 182 g/mol. The van der Waals surface area contributed by atoms with Gasteiger partial charge in [-0.2, -0.15) is 5.10 Å². The summed E-state index contributed by atoms with van der Waals surface area (Å²) in [4.78, 5) is 0. The number of rotatable bonds is 3. The van der Waals surface area contributed by atoms with Gasteiger partial charge in [0.15, 0.2) is 0 Å². The number of aryl methyl sites for hydroxylation is 1. The molecule has 2 nitrogen and oxygen atoms in total. The van der Waals surface area contributed by atoms with Gasteiger partial charge in [0.1, 0.15) is 0 Å². The lowest BCUT2D eigenvalue weighted by Gasteiger charge is -2.02. The van der Waals surface area contributed by atoms with E-state index in [1.165, 1.54) is 23.4 Å². The molecular formula is C9H14N2S. The fourth-order valence-electron chi connectivity index (χ4n) is 1.51. The summed E-state index contributed by atoms with van der Waals surface area (Å²) in [6, 6.07) is 0. The second kappa shape index (κ2) is 3.13. The van der Waals surface area contributed by atoms with Crippen LogP contribution in [0.15, 0.2) is 11.2 Å². The van der Waals surface area contributed by atoms with Crippen molar-refractivity contribution < 1.29 is 0 Å². The lowest BCUT2D eigenvalue weighted by molar-refractivity contribution is 0.602. The van der Waals surface area contributed by atoms with Crippen LogP contribution in [0.1, 0.15) is 31.2 Å². The van der Waals surface area contributed by atoms with Crippen molar-refractivity contribution in [3.63, 3.8) is 0 Å². The molecule has 0 amide bonds. The van der Waals surface area contributed by atoms with E-state index >= 15 is 0 Å². The first-order valence-corrected chi connectivity index (χ1v) is 5.69. The van der Waals surface area contributed by atoms with Gasteiger partial charge in [0.05, 0.1) is 11.2 Å². The van der Waals surface area contributed by atoms with Gasteiger partial charge in [0.25, 0.3) is 0 Å². The van der Waals surface area contributed by atoms with E-state index in [1.54, 1.807) is 0 Å². The minimum absolute atomic E-state index is 0.827. The largest absolute Gasteiger partial charge is 0.259 e. The van der Waals surface area contributed by atoms with Gasteiger partial charge in [0.2, 0.25) is 0 Å². The zero-order valence-corrected chi connectivity index (χ0v) is 8.40. The van der Waals surface area contributed by atoms with Crippen molar-refractivity contribution >= 4 is 11.8 Å². The molecule has 66 valence electrons. The molecule has 0 radical (unpaired) electrons. The topological polar surface area (TPSA) is 17.8 Å². The molecule has 1 aliphatic carbocycles. The van der Waals surface area contributed by atoms with E-state index in [1.807, 2.05) is 18.0 Å². The Bertz CT molecular complexity index is 276. The predicted octanol–water partition coefficient (Wildman–Crippen LogP) is 2.50. The van der Waals surface area contributed by atoms with Crippen LogP contribution in [0.3, 0.4) is 0 Å². The third kappa shape index (κ3) is 1.26. The first-order valence-electron chi connectivity index (χ1n) is 4.46. The molecule has 0 atom stereocenters. The highest BCUT2D eigenvalue weighted by Gasteiger charge is 2.28. The molecular weight excluding hydrogens is 168 g/mol. The van der Waals surface area contributed by atoms with Crippen LogP contribution in [0.5, 0.6) is 0 Å². The third-order valence-corrected chi connectivity index (χ3v) is 3.16. The second-order valence-corrected chi connectivity index (χ2v) is 3.99. The molecule has 0 unspecified atom stereocenters. The molecule has 0 N–H and O–H groups in total. The van der Waals surface area contributed by atoms with E-state index in [-0.39, 0.29) is 0 Å². The molecule has 1 aromatic rings. The van der Waals surface area contributed by atoms with Gasteiger partial charge in [-0.3, -0.25) is 4.68 Å². The molecule has 1 heterocycles. The number of aromatic nitrogens is 2. The summed E-state index contributed by atoms with van der Waals surface area (Å²) in [5.41, 5.74) is 1.48. The Kier molecular flexibility index (Phi) is 2.13. The van der Waals surface area contributed by atoms with Crippen LogP contribution in [0.4, 0.5) is 0 Å². The third-order valence-electron chi connectivity index (χ3n) is 2.33. The predicted molar refractivity (Wildman–Crippen MR) is 51.7 cm³/mol. The Hall–Kier alpha value is -0.440. The molecule has 2 rings (SSSR count). The standard InChI is InChI=1S/C9H14N2S/c1-3-11-9(12-2)8(6-10-11)7-4-5-7/h6-7H,3-5H2,1-2H3. The Labute approximate surface area is 77.3 Å². The van der Waals surface area contributed by atoms with E-state index in [4.69, 9.17) is 0 Å². The fraction of sp³-hybridized carbons (Fsp3) is 0.667. The quantitative estimate of drug-likeness (QED) is 0.668. The monoisotopic (exact) mass is 182 g/mol. The van der Waals surface area contributed by atoms with Crippen LogP contribution in [-0.2, 0) is 6.54 Å². The lowest BCUT2D eigenvalue weighted by Crippen LogP contribution is -1.97. The number of hydrogen-bond acceptors (Lipinski definition) is 2. The van der Waals surface area contributed by atoms with Crippen molar-refractivity contribution in [2.24, 2.45) is 0 Å². The van der Waals surface area contributed by atoms with E-state index < -0.39 is 0 Å². The van der Waals surface area contributed by atoms with Crippen LogP contribution >= 0.6 is 11.8 Å². The van der Waals surface area contributed by atoms with Crippen LogP contribution in [0.2, 0.25) is 0 Å². The number of hydrogen-bond donors (Lipinski definition) is 0. The van der Waals surface area contributed by atoms with Crippen molar-refractivity contribution in [1.82, 2.24) is 9.78 Å². The van der Waals surface area contributed by atoms with Gasteiger partial charge in [-0.05, 0) is 31.9 Å². The summed E-state index contributed by atoms with van der Waals surface area (Å²) < 4.78 is 2.10. The maximum Gasteiger partial charge on any atom is 0.0971 e. The smallest absolute Gasteiger partial charge is 0.0971 e. The average Bonchev–Trinajstić information content (AvgIpc) is 2.85. The zero-order valence-electron chi connectivity index (χ0n) is 7.58. The summed E-state index contributed by atoms with van der Waals surface area (Å²) in [5, 5.41) is 5.74. The van der Waals surface area contributed by atoms with Crippen LogP contribution in [0.25, 0.3) is 0 Å². The molecule has 0 aliphatic heterocycles. The summed E-state index contributed by atoms with van der Waals surface area (Å²) >= 11 is 1.82. The maximum atomic E-state index is 4.36. The normalized spacial score (nSPS) is 16.8. The summed E-state index contributed by atoms with van der Waals surface area (Å²) in [7, 11) is 0. The summed E-state index contributed by atoms with van der Waals surface area (Å²) in [5.74, 6) is 0.827. The Morgan fingerprint density at radius 1 is 1.67 bits per heavy atom. The molecule has 0 bridgehead atoms. The molecule has 3 heteroatoms. The molecule has 0 saturated heterocycles. The van der Waals surface area contributed by atoms with E-state index in [9.17, 15) is 0 Å². The van der Waals surface area contributed by atoms with E-state index in [0.29, 0.717) is 0 Å². The second-order valence-electron chi connectivity index (χ2n) is 3.20. The fourth-order valence-corrected chi connectivity index (χ4v) is 2.35. The van der Waals surface area contributed by atoms with Crippen molar-refractivity contribution in [1.29, 1.82) is 0 Å². The highest BCUT2D eigenvalue weighted by atomic mass is 32.2. The molecule has 1 aliphatic rings. The molecule has 1 aromatic heterocycles. The minimum Gasteiger partial charge on any atom is -0.259 e. The molecule has 0 spiro atoms. The van der Waals surface area contributed by atoms with Gasteiger partial charge in [0, 0.05) is 12.1 Å². The van der Waals surface area contributed by atoms with Crippen LogP contribution in [-0.4, -0.2) is 16.0 Å². The molecule has 12 heavy (non-hydrogen) atoms. The van der Waals surface area contributed by atoms with Crippen LogP contribution < -0.4 is 0 Å². The van der Waals surface area contributed by atoms with Crippen molar-refractivity contribution in [3.05, 3.63) is 11.8 Å². The molecule has 0 aromatic carbocycles. The van der Waals surface area contributed by atoms with Gasteiger partial charge in [-0.25, -0.2) is 0 Å². The Balaban J connectivity index is 2.33. The van der Waals surface area contributed by atoms with Gasteiger partial charge in [-0.1, -0.05) is 0 Å². The highest BCUT2D eigenvalue weighted by molar-refractivity contribution is 7.98. The van der Waals surface area contributed by atoms with Crippen LogP contribution in [0, 0.1) is 0 Å². The number of thioether (sulfide) groups is 1. The van der Waals surface area contributed by atoms with Gasteiger partial charge >= 0.3 is 0 Å². The molecule has 1 fully saturated rings. The lowest BCUT2D eigenvalue weighted by atomic mass is 10.2. The first kappa shape index (κ1) is 8.17. The SMILES string of the molecule is CCn1ncc(C2CC2)c1SC. The Morgan fingerprint density at radius 3 is 2.92 bits per heavy atom. The van der Waals surface area contributed by atoms with Gasteiger partial charge < -0.3 is 0 Å². The first-order chi connectivity index (χ1) is 5.86. The van der Waals surface area contributed by atoms with Crippen molar-refractivity contribution in [3.8, 4) is 0 Å².